The smallest absolute Gasteiger partial charge is 1.00 e. The Morgan fingerprint density at radius 3 is 0.500 bits per heavy atom. The maximum atomic E-state index is 0. The second-order valence-electron chi connectivity index (χ2n) is 0. The number of hydrogen-bond donors (Lipinski definition) is 0. The van der Waals surface area contributed by atoms with Crippen LogP contribution in [-0.4, -0.2) is 0 Å². The Morgan fingerprint density at radius 1 is 0.500 bits per heavy atom. The van der Waals surface area contributed by atoms with Crippen molar-refractivity contribution in [2.24, 2.45) is 0 Å². The molecule has 0 bridgehead atoms. The topological polar surface area (TPSA) is 114 Å². The summed E-state index contributed by atoms with van der Waals surface area (Å²) in [5.41, 5.74) is 0. The summed E-state index contributed by atoms with van der Waals surface area (Å²) in [7, 11) is 0. The van der Waals surface area contributed by atoms with E-state index in [1.54, 1.807) is 0 Å². The fourth-order valence-corrected chi connectivity index (χ4v) is 0. The van der Waals surface area contributed by atoms with E-state index >= 15 is 0 Å². The SMILES string of the molecule is [Cs+].[Mn].[O-2].[O-2].[O-2].[O-2]. The number of rotatable bonds is 0. The first-order chi connectivity index (χ1) is 0. The standard InChI is InChI=1S/Cs.Mn.4O/q+1;;4*-2. The van der Waals surface area contributed by atoms with Gasteiger partial charge in [-0.15, -0.1) is 0 Å². The quantitative estimate of drug-likeness (QED) is 0.398. The Hall–Kier alpha value is 2.41. The van der Waals surface area contributed by atoms with Gasteiger partial charge in [-0.1, -0.05) is 0 Å². The van der Waals surface area contributed by atoms with E-state index in [0.717, 1.165) is 0 Å². The third kappa shape index (κ3) is 32.3. The van der Waals surface area contributed by atoms with Crippen LogP contribution in [0.15, 0.2) is 0 Å². The first kappa shape index (κ1) is 79.5. The van der Waals surface area contributed by atoms with Crippen LogP contribution >= 0.6 is 0 Å². The van der Waals surface area contributed by atoms with Crippen LogP contribution in [0.1, 0.15) is 0 Å². The number of hydrogen-bond acceptors (Lipinski definition) is 0. The Morgan fingerprint density at radius 2 is 0.500 bits per heavy atom. The van der Waals surface area contributed by atoms with Crippen molar-refractivity contribution in [3.63, 3.8) is 0 Å². The average Bonchev–Trinajstić information content (AvgIpc) is 0. The van der Waals surface area contributed by atoms with Crippen LogP contribution in [0.3, 0.4) is 0 Å². The van der Waals surface area contributed by atoms with E-state index in [1.807, 2.05) is 0 Å². The largest absolute Gasteiger partial charge is 2.00 e. The monoisotopic (exact) mass is 252 g/mol. The summed E-state index contributed by atoms with van der Waals surface area (Å²) in [5.74, 6) is 0. The molecule has 0 aromatic heterocycles. The fourth-order valence-electron chi connectivity index (χ4n) is 0. The molecule has 0 aliphatic heterocycles. The van der Waals surface area contributed by atoms with Gasteiger partial charge < -0.3 is 21.9 Å². The third-order valence-corrected chi connectivity index (χ3v) is 0. The normalized spacial score (nSPS) is 0. The van der Waals surface area contributed by atoms with E-state index in [-0.39, 0.29) is 108 Å². The van der Waals surface area contributed by atoms with Crippen LogP contribution in [0.5, 0.6) is 0 Å². The second kappa shape index (κ2) is 52.4. The van der Waals surface area contributed by atoms with Crippen molar-refractivity contribution in [2.45, 2.75) is 0 Å². The van der Waals surface area contributed by atoms with Gasteiger partial charge in [0.05, 0.1) is 0 Å². The molecule has 6 heteroatoms. The zero-order valence-corrected chi connectivity index (χ0v) is 10.5. The fraction of sp³-hybridized carbons (Fsp3) is 0. The van der Waals surface area contributed by atoms with Gasteiger partial charge in [0, 0.05) is 17.1 Å². The first-order valence-corrected chi connectivity index (χ1v) is 0. The van der Waals surface area contributed by atoms with Crippen LogP contribution in [0.4, 0.5) is 0 Å². The van der Waals surface area contributed by atoms with Gasteiger partial charge in [-0.2, -0.15) is 0 Å². The molecule has 1 radical (unpaired) electrons. The second-order valence-corrected chi connectivity index (χ2v) is 0. The van der Waals surface area contributed by atoms with Gasteiger partial charge >= 0.3 is 68.9 Å². The van der Waals surface area contributed by atoms with E-state index in [0.29, 0.717) is 0 Å². The molecule has 39 valence electrons. The Labute approximate surface area is 105 Å². The van der Waals surface area contributed by atoms with Crippen LogP contribution < -0.4 is 68.9 Å². The van der Waals surface area contributed by atoms with Crippen molar-refractivity contribution in [2.75, 3.05) is 0 Å². The van der Waals surface area contributed by atoms with Crippen molar-refractivity contribution < 1.29 is 108 Å². The Bertz CT molecular complexity index is 7.51. The predicted octanol–water partition coefficient (Wildman–Crippen LogP) is -3.47. The maximum Gasteiger partial charge on any atom is 1.00 e. The molecule has 0 atom stereocenters. The van der Waals surface area contributed by atoms with E-state index in [4.69, 9.17) is 0 Å². The molecule has 0 heterocycles. The molecular weight excluding hydrogens is 252 g/mol. The molecule has 0 aromatic carbocycles. The molecule has 0 aliphatic rings. The van der Waals surface area contributed by atoms with Gasteiger partial charge in [-0.3, -0.25) is 0 Å². The summed E-state index contributed by atoms with van der Waals surface area (Å²) >= 11 is 0. The zero-order chi connectivity index (χ0) is 0. The van der Waals surface area contributed by atoms with Crippen LogP contribution in [-0.2, 0) is 39.0 Å². The third-order valence-electron chi connectivity index (χ3n) is 0. The molecular formula is CsMnO4-7. The first-order valence-electron chi connectivity index (χ1n) is 0. The summed E-state index contributed by atoms with van der Waals surface area (Å²) in [6, 6.07) is 0. The van der Waals surface area contributed by atoms with Crippen molar-refractivity contribution in [1.82, 2.24) is 0 Å². The van der Waals surface area contributed by atoms with Gasteiger partial charge in [0.2, 0.25) is 0 Å². The van der Waals surface area contributed by atoms with E-state index < -0.39 is 0 Å². The Kier molecular flexibility index (Phi) is 694. The minimum Gasteiger partial charge on any atom is -2.00 e. The minimum atomic E-state index is 0. The molecule has 0 aromatic rings. The van der Waals surface area contributed by atoms with E-state index in [1.165, 1.54) is 0 Å². The molecule has 0 amide bonds. The van der Waals surface area contributed by atoms with Crippen molar-refractivity contribution >= 4 is 0 Å². The van der Waals surface area contributed by atoms with Crippen LogP contribution in [0.25, 0.3) is 0 Å². The van der Waals surface area contributed by atoms with Gasteiger partial charge in [0.25, 0.3) is 0 Å². The molecule has 6 heavy (non-hydrogen) atoms. The molecule has 0 rings (SSSR count). The summed E-state index contributed by atoms with van der Waals surface area (Å²) in [4.78, 5) is 0. The molecule has 0 saturated heterocycles. The zero-order valence-electron chi connectivity index (χ0n) is 3.01. The van der Waals surface area contributed by atoms with E-state index in [2.05, 4.69) is 0 Å². The molecule has 0 aliphatic carbocycles. The van der Waals surface area contributed by atoms with E-state index in [9.17, 15) is 0 Å². The molecule has 0 spiro atoms. The summed E-state index contributed by atoms with van der Waals surface area (Å²) in [6.07, 6.45) is 0. The van der Waals surface area contributed by atoms with Gasteiger partial charge in [-0.25, -0.2) is 0 Å². The maximum absolute atomic E-state index is 0. The summed E-state index contributed by atoms with van der Waals surface area (Å²) < 4.78 is 0. The molecule has 0 N–H and O–H groups in total. The Balaban J connectivity index is 0. The van der Waals surface area contributed by atoms with Gasteiger partial charge in [-0.05, 0) is 0 Å². The average molecular weight is 252 g/mol. The van der Waals surface area contributed by atoms with Gasteiger partial charge in [0.1, 0.15) is 0 Å². The van der Waals surface area contributed by atoms with Crippen molar-refractivity contribution in [3.05, 3.63) is 0 Å². The van der Waals surface area contributed by atoms with Crippen LogP contribution in [0.2, 0.25) is 0 Å². The van der Waals surface area contributed by atoms with Gasteiger partial charge in [0.15, 0.2) is 0 Å². The molecule has 0 fully saturated rings. The molecule has 0 saturated carbocycles. The van der Waals surface area contributed by atoms with Crippen LogP contribution in [0, 0.1) is 0 Å². The summed E-state index contributed by atoms with van der Waals surface area (Å²) in [5, 5.41) is 0. The van der Waals surface area contributed by atoms with Crippen molar-refractivity contribution in [1.29, 1.82) is 0 Å². The minimum absolute atomic E-state index is 0. The molecule has 4 nitrogen and oxygen atoms in total. The molecule has 0 unspecified atom stereocenters. The predicted molar refractivity (Wildman–Crippen MR) is 2.75 cm³/mol. The summed E-state index contributed by atoms with van der Waals surface area (Å²) in [6.45, 7) is 0. The van der Waals surface area contributed by atoms with Crippen molar-refractivity contribution in [3.8, 4) is 0 Å².